The van der Waals surface area contributed by atoms with E-state index >= 15 is 0 Å². The molecule has 3 N–H and O–H groups in total. The maximum atomic E-state index is 12.2. The van der Waals surface area contributed by atoms with E-state index in [0.717, 1.165) is 4.90 Å². The first-order valence-electron chi connectivity index (χ1n) is 6.39. The molecular weight excluding hydrogens is 288 g/mol. The first-order chi connectivity index (χ1) is 9.99. The number of benzene rings is 1. The zero-order valence-electron chi connectivity index (χ0n) is 12.2. The number of anilines is 2. The summed E-state index contributed by atoms with van der Waals surface area (Å²) in [6.45, 7) is 1.84. The van der Waals surface area contributed by atoms with E-state index < -0.39 is 0 Å². The Morgan fingerprint density at radius 3 is 2.86 bits per heavy atom. The number of carbonyl (C=O) groups excluding carboxylic acids is 1. The van der Waals surface area contributed by atoms with Crippen LogP contribution >= 0.6 is 11.8 Å². The number of nitrogens with zero attached hydrogens (tertiary/aromatic N) is 2. The number of nitrogens with two attached hydrogens (primary N) is 1. The van der Waals surface area contributed by atoms with Gasteiger partial charge in [0.2, 0.25) is 5.91 Å². The van der Waals surface area contributed by atoms with E-state index in [-0.39, 0.29) is 11.2 Å². The predicted molar refractivity (Wildman–Crippen MR) is 84.6 cm³/mol. The lowest BCUT2D eigenvalue weighted by Gasteiger charge is -2.13. The summed E-state index contributed by atoms with van der Waals surface area (Å²) in [5.74, 6) is 0.545. The molecule has 0 aliphatic heterocycles. The van der Waals surface area contributed by atoms with Crippen LogP contribution in [0.5, 0.6) is 5.75 Å². The Morgan fingerprint density at radius 1 is 1.52 bits per heavy atom. The number of aryl methyl sites for hydroxylation is 1. The monoisotopic (exact) mass is 306 g/mol. The van der Waals surface area contributed by atoms with Crippen molar-refractivity contribution >= 4 is 29.0 Å². The molecule has 1 heterocycles. The number of aromatic nitrogens is 2. The summed E-state index contributed by atoms with van der Waals surface area (Å²) in [5.41, 5.74) is 6.94. The number of amides is 1. The van der Waals surface area contributed by atoms with E-state index in [4.69, 9.17) is 10.5 Å². The Kier molecular flexibility index (Phi) is 4.74. The summed E-state index contributed by atoms with van der Waals surface area (Å²) < 4.78 is 6.78. The summed E-state index contributed by atoms with van der Waals surface area (Å²) in [6, 6.07) is 5.16. The Balaban J connectivity index is 2.00. The van der Waals surface area contributed by atoms with Gasteiger partial charge in [0.25, 0.3) is 0 Å². The lowest BCUT2D eigenvalue weighted by Crippen LogP contribution is -2.22. The Hall–Kier alpha value is -2.15. The first-order valence-corrected chi connectivity index (χ1v) is 7.27. The van der Waals surface area contributed by atoms with Gasteiger partial charge in [-0.25, -0.2) is 0 Å². The van der Waals surface area contributed by atoms with Gasteiger partial charge in [-0.1, -0.05) is 0 Å². The Morgan fingerprint density at radius 2 is 2.29 bits per heavy atom. The number of rotatable bonds is 5. The number of nitrogens with one attached hydrogen (secondary N) is 1. The van der Waals surface area contributed by atoms with Crippen LogP contribution in [0.2, 0.25) is 0 Å². The summed E-state index contributed by atoms with van der Waals surface area (Å²) in [5, 5.41) is 6.64. The molecule has 0 spiro atoms. The van der Waals surface area contributed by atoms with Crippen molar-refractivity contribution in [2.45, 2.75) is 17.1 Å². The molecule has 7 heteroatoms. The minimum absolute atomic E-state index is 0.110. The largest absolute Gasteiger partial charge is 0.497 e. The highest BCUT2D eigenvalue weighted by atomic mass is 32.2. The van der Waals surface area contributed by atoms with E-state index in [9.17, 15) is 4.79 Å². The third-order valence-electron chi connectivity index (χ3n) is 2.88. The van der Waals surface area contributed by atoms with Crippen LogP contribution in [0.3, 0.4) is 0 Å². The fourth-order valence-electron chi connectivity index (χ4n) is 1.73. The Bertz CT molecular complexity index is 642. The van der Waals surface area contributed by atoms with Crippen molar-refractivity contribution in [3.8, 4) is 5.75 Å². The molecule has 1 unspecified atom stereocenters. The van der Waals surface area contributed by atoms with Gasteiger partial charge in [-0.2, -0.15) is 5.10 Å². The molecule has 6 nitrogen and oxygen atoms in total. The summed E-state index contributed by atoms with van der Waals surface area (Å²) in [4.78, 5) is 13.1. The van der Waals surface area contributed by atoms with Crippen LogP contribution in [0.1, 0.15) is 6.92 Å². The third kappa shape index (κ3) is 3.91. The molecule has 1 aromatic heterocycles. The second-order valence-electron chi connectivity index (χ2n) is 4.55. The van der Waals surface area contributed by atoms with Gasteiger partial charge in [-0.3, -0.25) is 9.48 Å². The average Bonchev–Trinajstić information content (AvgIpc) is 2.86. The lowest BCUT2D eigenvalue weighted by molar-refractivity contribution is -0.115. The SMILES string of the molecule is COc1ccc(NC(=O)C(C)Sc2cnn(C)c2)c(N)c1. The maximum absolute atomic E-state index is 12.2. The smallest absolute Gasteiger partial charge is 0.237 e. The second kappa shape index (κ2) is 6.53. The number of hydrogen-bond acceptors (Lipinski definition) is 5. The molecule has 0 saturated heterocycles. The van der Waals surface area contributed by atoms with Gasteiger partial charge in [0.1, 0.15) is 5.75 Å². The molecule has 1 aromatic carbocycles. The molecule has 0 aliphatic carbocycles. The van der Waals surface area contributed by atoms with E-state index in [2.05, 4.69) is 10.4 Å². The van der Waals surface area contributed by atoms with Crippen LogP contribution < -0.4 is 15.8 Å². The fourth-order valence-corrected chi connectivity index (χ4v) is 2.63. The maximum Gasteiger partial charge on any atom is 0.237 e. The molecule has 1 atom stereocenters. The third-order valence-corrected chi connectivity index (χ3v) is 3.93. The molecule has 21 heavy (non-hydrogen) atoms. The van der Waals surface area contributed by atoms with Gasteiger partial charge in [0, 0.05) is 24.2 Å². The second-order valence-corrected chi connectivity index (χ2v) is 5.97. The molecule has 0 saturated carbocycles. The van der Waals surface area contributed by atoms with E-state index in [0.29, 0.717) is 17.1 Å². The van der Waals surface area contributed by atoms with Gasteiger partial charge in [-0.05, 0) is 19.1 Å². The number of hydrogen-bond donors (Lipinski definition) is 2. The molecular formula is C14H18N4O2S. The molecule has 2 rings (SSSR count). The average molecular weight is 306 g/mol. The van der Waals surface area contributed by atoms with Crippen LogP contribution in [-0.4, -0.2) is 28.0 Å². The predicted octanol–water partition coefficient (Wildman–Crippen LogP) is 2.13. The number of methoxy groups -OCH3 is 1. The summed E-state index contributed by atoms with van der Waals surface area (Å²) in [7, 11) is 3.41. The normalized spacial score (nSPS) is 12.0. The van der Waals surface area contributed by atoms with Gasteiger partial charge < -0.3 is 15.8 Å². The quantitative estimate of drug-likeness (QED) is 0.653. The van der Waals surface area contributed by atoms with Crippen molar-refractivity contribution in [1.29, 1.82) is 0 Å². The number of thioether (sulfide) groups is 1. The molecule has 112 valence electrons. The van der Waals surface area contributed by atoms with Crippen LogP contribution in [0.15, 0.2) is 35.5 Å². The van der Waals surface area contributed by atoms with Crippen molar-refractivity contribution in [2.24, 2.45) is 7.05 Å². The minimum Gasteiger partial charge on any atom is -0.497 e. The van der Waals surface area contributed by atoms with Crippen LogP contribution in [-0.2, 0) is 11.8 Å². The highest BCUT2D eigenvalue weighted by Crippen LogP contribution is 2.27. The van der Waals surface area contributed by atoms with Gasteiger partial charge in [0.15, 0.2) is 0 Å². The highest BCUT2D eigenvalue weighted by Gasteiger charge is 2.16. The first kappa shape index (κ1) is 15.2. The van der Waals surface area contributed by atoms with Gasteiger partial charge in [0.05, 0.1) is 29.9 Å². The zero-order valence-corrected chi connectivity index (χ0v) is 13.0. The van der Waals surface area contributed by atoms with Crippen molar-refractivity contribution in [3.63, 3.8) is 0 Å². The lowest BCUT2D eigenvalue weighted by atomic mass is 10.2. The van der Waals surface area contributed by atoms with Crippen molar-refractivity contribution in [2.75, 3.05) is 18.2 Å². The molecule has 1 amide bonds. The fraction of sp³-hybridized carbons (Fsp3) is 0.286. The molecule has 2 aromatic rings. The van der Waals surface area contributed by atoms with Crippen LogP contribution in [0.25, 0.3) is 0 Å². The summed E-state index contributed by atoms with van der Waals surface area (Å²) >= 11 is 1.44. The standard InChI is InChI=1S/C14H18N4O2S/c1-9(21-11-7-16-18(2)8-11)14(19)17-13-5-4-10(20-3)6-12(13)15/h4-9H,15H2,1-3H3,(H,17,19). The zero-order chi connectivity index (χ0) is 15.4. The topological polar surface area (TPSA) is 82.2 Å². The number of nitrogen functional groups attached to an aromatic ring is 1. The molecule has 0 fully saturated rings. The Labute approximate surface area is 127 Å². The van der Waals surface area contributed by atoms with Crippen molar-refractivity contribution in [3.05, 3.63) is 30.6 Å². The summed E-state index contributed by atoms with van der Waals surface area (Å²) in [6.07, 6.45) is 3.60. The molecule has 0 bridgehead atoms. The van der Waals surface area contributed by atoms with Crippen molar-refractivity contribution < 1.29 is 9.53 Å². The van der Waals surface area contributed by atoms with E-state index in [1.165, 1.54) is 11.8 Å². The van der Waals surface area contributed by atoms with Crippen molar-refractivity contribution in [1.82, 2.24) is 9.78 Å². The van der Waals surface area contributed by atoms with Crippen LogP contribution in [0.4, 0.5) is 11.4 Å². The van der Waals surface area contributed by atoms with E-state index in [1.54, 1.807) is 36.2 Å². The number of ether oxygens (including phenoxy) is 1. The molecule has 0 radical (unpaired) electrons. The van der Waals surface area contributed by atoms with E-state index in [1.807, 2.05) is 20.2 Å². The van der Waals surface area contributed by atoms with Gasteiger partial charge >= 0.3 is 0 Å². The van der Waals surface area contributed by atoms with Gasteiger partial charge in [-0.15, -0.1) is 11.8 Å². The highest BCUT2D eigenvalue weighted by molar-refractivity contribution is 8.00. The minimum atomic E-state index is -0.254. The van der Waals surface area contributed by atoms with Crippen LogP contribution in [0, 0.1) is 0 Å². The molecule has 0 aliphatic rings. The number of carbonyl (C=O) groups is 1.